The highest BCUT2D eigenvalue weighted by Crippen LogP contribution is 2.24. The first-order valence-electron chi connectivity index (χ1n) is 10.9. The van der Waals surface area contributed by atoms with E-state index in [1.54, 1.807) is 11.9 Å². The number of benzene rings is 3. The van der Waals surface area contributed by atoms with Gasteiger partial charge in [-0.15, -0.1) is 0 Å². The molecule has 1 unspecified atom stereocenters. The van der Waals surface area contributed by atoms with E-state index in [4.69, 9.17) is 0 Å². The lowest BCUT2D eigenvalue weighted by Crippen LogP contribution is -2.42. The van der Waals surface area contributed by atoms with Crippen molar-refractivity contribution in [1.82, 2.24) is 14.9 Å². The van der Waals surface area contributed by atoms with Crippen LogP contribution in [0.5, 0.6) is 0 Å². The minimum atomic E-state index is -0.577. The van der Waals surface area contributed by atoms with Crippen LogP contribution < -0.4 is 10.0 Å². The SMILES string of the molecule is CC(C)(CCn1cnc2ccccc21)NCC(O)c1cccc(NSc2ccccc2)c1. The summed E-state index contributed by atoms with van der Waals surface area (Å²) in [4.78, 5) is 5.62. The number of anilines is 1. The Balaban J connectivity index is 1.29. The number of β-amino-alcohol motifs (C(OH)–C–C–N with tert-alkyl or cyclic N) is 1. The standard InChI is InChI=1S/C26H30N4OS/c1-26(2,15-16-30-19-27-23-13-6-7-14-24(23)30)28-18-25(31)20-9-8-10-21(17-20)29-32-22-11-4-3-5-12-22/h3-14,17,19,25,28-29,31H,15-16,18H2,1-2H3. The zero-order valence-corrected chi connectivity index (χ0v) is 19.3. The van der Waals surface area contributed by atoms with Gasteiger partial charge in [0.1, 0.15) is 0 Å². The van der Waals surface area contributed by atoms with E-state index < -0.39 is 6.10 Å². The number of hydrogen-bond donors (Lipinski definition) is 3. The van der Waals surface area contributed by atoms with Gasteiger partial charge in [0.05, 0.1) is 23.5 Å². The van der Waals surface area contributed by atoms with Gasteiger partial charge in [-0.3, -0.25) is 0 Å². The van der Waals surface area contributed by atoms with Crippen molar-refractivity contribution < 1.29 is 5.11 Å². The average Bonchev–Trinajstić information content (AvgIpc) is 3.24. The summed E-state index contributed by atoms with van der Waals surface area (Å²) in [7, 11) is 0. The number of imidazole rings is 1. The van der Waals surface area contributed by atoms with Crippen LogP contribution in [-0.4, -0.2) is 26.7 Å². The van der Waals surface area contributed by atoms with Crippen LogP contribution in [0.2, 0.25) is 0 Å². The summed E-state index contributed by atoms with van der Waals surface area (Å²) in [6.07, 6.45) is 2.25. The number of aliphatic hydroxyl groups excluding tert-OH is 1. The monoisotopic (exact) mass is 446 g/mol. The third kappa shape index (κ3) is 5.91. The van der Waals surface area contributed by atoms with E-state index in [0.717, 1.165) is 40.1 Å². The van der Waals surface area contributed by atoms with Crippen molar-refractivity contribution >= 4 is 28.7 Å². The summed E-state index contributed by atoms with van der Waals surface area (Å²) >= 11 is 1.56. The molecule has 1 heterocycles. The van der Waals surface area contributed by atoms with E-state index in [1.165, 1.54) is 0 Å². The molecule has 1 aromatic heterocycles. The van der Waals surface area contributed by atoms with Gasteiger partial charge in [-0.1, -0.05) is 42.5 Å². The first-order valence-corrected chi connectivity index (χ1v) is 11.7. The molecule has 166 valence electrons. The van der Waals surface area contributed by atoms with Crippen molar-refractivity contribution in [3.05, 3.63) is 90.8 Å². The third-order valence-corrected chi connectivity index (χ3v) is 6.43. The number of fused-ring (bicyclic) bond motifs is 1. The Labute approximate surface area is 194 Å². The molecule has 0 aliphatic carbocycles. The topological polar surface area (TPSA) is 62.1 Å². The van der Waals surface area contributed by atoms with Gasteiger partial charge in [0.2, 0.25) is 0 Å². The zero-order valence-electron chi connectivity index (χ0n) is 18.5. The summed E-state index contributed by atoms with van der Waals surface area (Å²) in [6, 6.07) is 26.3. The van der Waals surface area contributed by atoms with Gasteiger partial charge < -0.3 is 19.7 Å². The minimum absolute atomic E-state index is 0.120. The molecule has 4 rings (SSSR count). The molecule has 5 nitrogen and oxygen atoms in total. The first kappa shape index (κ1) is 22.4. The molecule has 0 saturated heterocycles. The predicted octanol–water partition coefficient (Wildman–Crippen LogP) is 5.65. The predicted molar refractivity (Wildman–Crippen MR) is 134 cm³/mol. The summed E-state index contributed by atoms with van der Waals surface area (Å²) < 4.78 is 5.54. The molecule has 0 bridgehead atoms. The van der Waals surface area contributed by atoms with Gasteiger partial charge in [-0.2, -0.15) is 0 Å². The Morgan fingerprint density at radius 2 is 1.78 bits per heavy atom. The van der Waals surface area contributed by atoms with Crippen molar-refractivity contribution in [3.8, 4) is 0 Å². The van der Waals surface area contributed by atoms with Gasteiger partial charge >= 0.3 is 0 Å². The van der Waals surface area contributed by atoms with Crippen LogP contribution in [0.4, 0.5) is 5.69 Å². The Kier molecular flexibility index (Phi) is 7.15. The van der Waals surface area contributed by atoms with Gasteiger partial charge in [0.15, 0.2) is 0 Å². The van der Waals surface area contributed by atoms with Crippen LogP contribution in [-0.2, 0) is 6.54 Å². The van der Waals surface area contributed by atoms with Gasteiger partial charge in [0, 0.05) is 29.2 Å². The van der Waals surface area contributed by atoms with Crippen LogP contribution in [0.3, 0.4) is 0 Å². The third-order valence-electron chi connectivity index (χ3n) is 5.58. The Morgan fingerprint density at radius 1 is 1.00 bits per heavy atom. The summed E-state index contributed by atoms with van der Waals surface area (Å²) in [5, 5.41) is 14.3. The smallest absolute Gasteiger partial charge is 0.0958 e. The highest BCUT2D eigenvalue weighted by atomic mass is 32.2. The molecule has 0 saturated carbocycles. The highest BCUT2D eigenvalue weighted by Gasteiger charge is 2.20. The number of rotatable bonds is 10. The van der Waals surface area contributed by atoms with E-state index in [0.29, 0.717) is 6.54 Å². The molecule has 0 fully saturated rings. The number of nitrogens with one attached hydrogen (secondary N) is 2. The molecule has 1 atom stereocenters. The van der Waals surface area contributed by atoms with Crippen LogP contribution in [0, 0.1) is 0 Å². The maximum atomic E-state index is 10.8. The van der Waals surface area contributed by atoms with Crippen LogP contribution in [0.1, 0.15) is 31.9 Å². The highest BCUT2D eigenvalue weighted by molar-refractivity contribution is 8.00. The molecule has 0 radical (unpaired) electrons. The molecule has 0 amide bonds. The quantitative estimate of drug-likeness (QED) is 0.275. The van der Waals surface area contributed by atoms with Crippen molar-refractivity contribution in [2.24, 2.45) is 0 Å². The molecular weight excluding hydrogens is 416 g/mol. The lowest BCUT2D eigenvalue weighted by atomic mass is 9.99. The molecule has 3 N–H and O–H groups in total. The largest absolute Gasteiger partial charge is 0.387 e. The molecular formula is C26H30N4OS. The fourth-order valence-corrected chi connectivity index (χ4v) is 4.24. The van der Waals surface area contributed by atoms with Gasteiger partial charge in [-0.05, 0) is 74.2 Å². The van der Waals surface area contributed by atoms with Crippen molar-refractivity contribution in [2.45, 2.75) is 43.4 Å². The van der Waals surface area contributed by atoms with Crippen molar-refractivity contribution in [1.29, 1.82) is 0 Å². The Hall–Kier alpha value is -2.80. The van der Waals surface area contributed by atoms with Gasteiger partial charge in [-0.25, -0.2) is 4.98 Å². The molecule has 32 heavy (non-hydrogen) atoms. The molecule has 0 spiro atoms. The summed E-state index contributed by atoms with van der Waals surface area (Å²) in [6.45, 7) is 5.71. The number of aromatic nitrogens is 2. The molecule has 3 aromatic carbocycles. The normalized spacial score (nSPS) is 12.7. The summed E-state index contributed by atoms with van der Waals surface area (Å²) in [5.41, 5.74) is 3.92. The summed E-state index contributed by atoms with van der Waals surface area (Å²) in [5.74, 6) is 0. The van der Waals surface area contributed by atoms with Crippen molar-refractivity contribution in [2.75, 3.05) is 11.3 Å². The second-order valence-corrected chi connectivity index (χ2v) is 9.48. The van der Waals surface area contributed by atoms with Crippen LogP contribution in [0.25, 0.3) is 11.0 Å². The van der Waals surface area contributed by atoms with E-state index in [-0.39, 0.29) is 5.54 Å². The maximum absolute atomic E-state index is 10.8. The lowest BCUT2D eigenvalue weighted by Gasteiger charge is -2.28. The first-order chi connectivity index (χ1) is 15.5. The van der Waals surface area contributed by atoms with Crippen LogP contribution >= 0.6 is 11.9 Å². The fraction of sp³-hybridized carbons (Fsp3) is 0.269. The molecule has 0 aliphatic heterocycles. The second kappa shape index (κ2) is 10.2. The van der Waals surface area contributed by atoms with E-state index >= 15 is 0 Å². The van der Waals surface area contributed by atoms with Crippen LogP contribution in [0.15, 0.2) is 90.1 Å². The number of nitrogens with zero attached hydrogens (tertiary/aromatic N) is 2. The van der Waals surface area contributed by atoms with E-state index in [9.17, 15) is 5.11 Å². The van der Waals surface area contributed by atoms with Crippen molar-refractivity contribution in [3.63, 3.8) is 0 Å². The fourth-order valence-electron chi connectivity index (χ4n) is 3.58. The number of hydrogen-bond acceptors (Lipinski definition) is 5. The average molecular weight is 447 g/mol. The second-order valence-electron chi connectivity index (χ2n) is 8.60. The number of aliphatic hydroxyl groups is 1. The molecule has 4 aromatic rings. The molecule has 6 heteroatoms. The number of para-hydroxylation sites is 2. The van der Waals surface area contributed by atoms with E-state index in [1.807, 2.05) is 67.0 Å². The van der Waals surface area contributed by atoms with Gasteiger partial charge in [0.25, 0.3) is 0 Å². The zero-order chi connectivity index (χ0) is 22.4. The Morgan fingerprint density at radius 3 is 2.62 bits per heavy atom. The Bertz CT molecular complexity index is 1140. The minimum Gasteiger partial charge on any atom is -0.387 e. The number of aryl methyl sites for hydroxylation is 1. The lowest BCUT2D eigenvalue weighted by molar-refractivity contribution is 0.158. The molecule has 0 aliphatic rings. The maximum Gasteiger partial charge on any atom is 0.0958 e. The van der Waals surface area contributed by atoms with E-state index in [2.05, 4.69) is 51.6 Å².